The molecule has 0 saturated carbocycles. The number of thioether (sulfide) groups is 1. The number of carbonyl (C=O) groups is 1. The van der Waals surface area contributed by atoms with Gasteiger partial charge >= 0.3 is 0 Å². The number of anilines is 2. The standard InChI is InChI=1S/C19H21N5O2S3/c1-12-4-6-13(7-5-12)15-10-27-18(21-15)22-16(25)11-28-19-24-23-17(29-19)20-9-14-3-2-8-26-14/h4-7,10,14H,2-3,8-9,11H2,1H3,(H,20,23)(H,21,22,25). The Hall–Kier alpha value is -2.01. The van der Waals surface area contributed by atoms with E-state index >= 15 is 0 Å². The normalized spacial score (nSPS) is 16.1. The minimum Gasteiger partial charge on any atom is -0.376 e. The van der Waals surface area contributed by atoms with E-state index in [4.69, 9.17) is 4.74 Å². The fourth-order valence-corrected chi connectivity index (χ4v) is 5.11. The average Bonchev–Trinajstić information content (AvgIpc) is 3.47. The van der Waals surface area contributed by atoms with Crippen LogP contribution >= 0.6 is 34.4 Å². The van der Waals surface area contributed by atoms with E-state index in [9.17, 15) is 4.79 Å². The van der Waals surface area contributed by atoms with Gasteiger partial charge in [-0.05, 0) is 19.8 Å². The Bertz CT molecular complexity index is 951. The molecule has 1 saturated heterocycles. The van der Waals surface area contributed by atoms with Gasteiger partial charge in [-0.15, -0.1) is 21.5 Å². The third-order valence-corrected chi connectivity index (χ3v) is 7.11. The van der Waals surface area contributed by atoms with Gasteiger partial charge in [0, 0.05) is 24.1 Å². The van der Waals surface area contributed by atoms with E-state index in [0.717, 1.165) is 46.7 Å². The number of rotatable bonds is 8. The molecule has 0 aliphatic carbocycles. The zero-order chi connectivity index (χ0) is 20.1. The molecule has 1 amide bonds. The largest absolute Gasteiger partial charge is 0.376 e. The molecule has 1 fully saturated rings. The smallest absolute Gasteiger partial charge is 0.236 e. The minimum atomic E-state index is -0.108. The number of nitrogens with zero attached hydrogens (tertiary/aromatic N) is 3. The SMILES string of the molecule is Cc1ccc(-c2csc(NC(=O)CSc3nnc(NCC4CCCO4)s3)n2)cc1. The zero-order valence-corrected chi connectivity index (χ0v) is 18.3. The molecule has 2 N–H and O–H groups in total. The fraction of sp³-hybridized carbons (Fsp3) is 0.368. The molecule has 3 heterocycles. The van der Waals surface area contributed by atoms with Crippen LogP contribution < -0.4 is 10.6 Å². The van der Waals surface area contributed by atoms with Gasteiger partial charge in [-0.1, -0.05) is 52.9 Å². The first-order chi connectivity index (χ1) is 14.2. The molecule has 3 aromatic rings. The van der Waals surface area contributed by atoms with Gasteiger partial charge in [-0.25, -0.2) is 4.98 Å². The lowest BCUT2D eigenvalue weighted by Crippen LogP contribution is -2.18. The third-order valence-electron chi connectivity index (χ3n) is 4.34. The average molecular weight is 448 g/mol. The summed E-state index contributed by atoms with van der Waals surface area (Å²) in [6.45, 7) is 3.63. The van der Waals surface area contributed by atoms with Gasteiger partial charge in [0.2, 0.25) is 11.0 Å². The highest BCUT2D eigenvalue weighted by molar-refractivity contribution is 8.01. The van der Waals surface area contributed by atoms with E-state index in [1.807, 2.05) is 17.5 Å². The molecule has 0 bridgehead atoms. The summed E-state index contributed by atoms with van der Waals surface area (Å²) in [5.41, 5.74) is 3.11. The Kier molecular flexibility index (Phi) is 6.75. The molecule has 7 nitrogen and oxygen atoms in total. The monoisotopic (exact) mass is 447 g/mol. The van der Waals surface area contributed by atoms with Crippen molar-refractivity contribution in [3.8, 4) is 11.3 Å². The van der Waals surface area contributed by atoms with Crippen molar-refractivity contribution in [3.63, 3.8) is 0 Å². The molecular formula is C19H21N5O2S3. The van der Waals surface area contributed by atoms with Crippen molar-refractivity contribution in [1.82, 2.24) is 15.2 Å². The molecule has 10 heteroatoms. The van der Waals surface area contributed by atoms with Crippen molar-refractivity contribution < 1.29 is 9.53 Å². The Morgan fingerprint density at radius 2 is 2.14 bits per heavy atom. The summed E-state index contributed by atoms with van der Waals surface area (Å²) in [5.74, 6) is 0.156. The molecule has 1 aliphatic rings. The van der Waals surface area contributed by atoms with Crippen LogP contribution in [-0.4, -0.2) is 46.1 Å². The van der Waals surface area contributed by atoms with Crippen molar-refractivity contribution in [1.29, 1.82) is 0 Å². The van der Waals surface area contributed by atoms with Crippen molar-refractivity contribution in [2.24, 2.45) is 0 Å². The van der Waals surface area contributed by atoms with Gasteiger partial charge in [0.15, 0.2) is 9.47 Å². The first kappa shape index (κ1) is 20.3. The highest BCUT2D eigenvalue weighted by atomic mass is 32.2. The minimum absolute atomic E-state index is 0.108. The summed E-state index contributed by atoms with van der Waals surface area (Å²) < 4.78 is 6.34. The summed E-state index contributed by atoms with van der Waals surface area (Å²) in [6, 6.07) is 8.17. The molecule has 1 atom stereocenters. The number of amides is 1. The van der Waals surface area contributed by atoms with Crippen molar-refractivity contribution in [2.45, 2.75) is 30.2 Å². The van der Waals surface area contributed by atoms with E-state index in [0.29, 0.717) is 5.13 Å². The second-order valence-corrected chi connectivity index (χ2v) is 9.69. The maximum Gasteiger partial charge on any atom is 0.236 e. The maximum absolute atomic E-state index is 12.2. The zero-order valence-electron chi connectivity index (χ0n) is 15.9. The Morgan fingerprint density at radius 3 is 2.93 bits per heavy atom. The van der Waals surface area contributed by atoms with Crippen LogP contribution in [0.4, 0.5) is 10.3 Å². The van der Waals surface area contributed by atoms with Gasteiger partial charge in [0.25, 0.3) is 0 Å². The van der Waals surface area contributed by atoms with Crippen LogP contribution in [0.3, 0.4) is 0 Å². The molecular weight excluding hydrogens is 426 g/mol. The van der Waals surface area contributed by atoms with Crippen LogP contribution in [0.15, 0.2) is 34.0 Å². The number of ether oxygens (including phenoxy) is 1. The fourth-order valence-electron chi connectivity index (χ4n) is 2.82. The molecule has 1 aliphatic heterocycles. The number of thiazole rings is 1. The van der Waals surface area contributed by atoms with Crippen LogP contribution in [0.25, 0.3) is 11.3 Å². The molecule has 1 aromatic carbocycles. The van der Waals surface area contributed by atoms with Crippen molar-refractivity contribution in [2.75, 3.05) is 29.5 Å². The number of aromatic nitrogens is 3. The molecule has 0 radical (unpaired) electrons. The van der Waals surface area contributed by atoms with E-state index in [1.54, 1.807) is 0 Å². The van der Waals surface area contributed by atoms with Crippen molar-refractivity contribution in [3.05, 3.63) is 35.2 Å². The lowest BCUT2D eigenvalue weighted by atomic mass is 10.1. The summed E-state index contributed by atoms with van der Waals surface area (Å²) in [6.07, 6.45) is 2.45. The number of hydrogen-bond donors (Lipinski definition) is 2. The first-order valence-electron chi connectivity index (χ1n) is 9.30. The molecule has 4 rings (SSSR count). The van der Waals surface area contributed by atoms with Crippen LogP contribution in [0.2, 0.25) is 0 Å². The third kappa shape index (κ3) is 5.75. The summed E-state index contributed by atoms with van der Waals surface area (Å²) in [4.78, 5) is 16.7. The lowest BCUT2D eigenvalue weighted by molar-refractivity contribution is -0.113. The van der Waals surface area contributed by atoms with E-state index in [1.165, 1.54) is 40.0 Å². The van der Waals surface area contributed by atoms with Crippen molar-refractivity contribution >= 4 is 50.6 Å². The van der Waals surface area contributed by atoms with Crippen LogP contribution in [-0.2, 0) is 9.53 Å². The first-order valence-corrected chi connectivity index (χ1v) is 12.0. The van der Waals surface area contributed by atoms with Gasteiger partial charge in [-0.3, -0.25) is 4.79 Å². The molecule has 152 valence electrons. The lowest BCUT2D eigenvalue weighted by Gasteiger charge is -2.08. The number of benzene rings is 1. The summed E-state index contributed by atoms with van der Waals surface area (Å²) in [7, 11) is 0. The molecule has 1 unspecified atom stereocenters. The predicted octanol–water partition coefficient (Wildman–Crippen LogP) is 4.29. The van der Waals surface area contributed by atoms with Gasteiger partial charge in [-0.2, -0.15) is 0 Å². The highest BCUT2D eigenvalue weighted by Crippen LogP contribution is 2.27. The highest BCUT2D eigenvalue weighted by Gasteiger charge is 2.16. The van der Waals surface area contributed by atoms with E-state index in [-0.39, 0.29) is 17.8 Å². The van der Waals surface area contributed by atoms with E-state index in [2.05, 4.69) is 44.9 Å². The van der Waals surface area contributed by atoms with Crippen LogP contribution in [0.1, 0.15) is 18.4 Å². The van der Waals surface area contributed by atoms with Gasteiger partial charge in [0.1, 0.15) is 0 Å². The van der Waals surface area contributed by atoms with Gasteiger partial charge < -0.3 is 15.4 Å². The summed E-state index contributed by atoms with van der Waals surface area (Å²) in [5, 5.41) is 17.7. The second-order valence-electron chi connectivity index (χ2n) is 6.63. The van der Waals surface area contributed by atoms with E-state index < -0.39 is 0 Å². The Balaban J connectivity index is 1.23. The number of hydrogen-bond acceptors (Lipinski definition) is 9. The van der Waals surface area contributed by atoms with Crippen LogP contribution in [0.5, 0.6) is 0 Å². The molecule has 2 aromatic heterocycles. The molecule has 29 heavy (non-hydrogen) atoms. The quantitative estimate of drug-likeness (QED) is 0.498. The Morgan fingerprint density at radius 1 is 1.28 bits per heavy atom. The topological polar surface area (TPSA) is 89.0 Å². The number of nitrogens with one attached hydrogen (secondary N) is 2. The molecule has 0 spiro atoms. The number of carbonyl (C=O) groups excluding carboxylic acids is 1. The maximum atomic E-state index is 12.2. The Labute approximate surface area is 181 Å². The van der Waals surface area contributed by atoms with Gasteiger partial charge in [0.05, 0.1) is 17.6 Å². The van der Waals surface area contributed by atoms with Crippen LogP contribution in [0, 0.1) is 6.92 Å². The number of aryl methyl sites for hydroxylation is 1. The predicted molar refractivity (Wildman–Crippen MR) is 119 cm³/mol. The second kappa shape index (κ2) is 9.66. The summed E-state index contributed by atoms with van der Waals surface area (Å²) >= 11 is 4.24.